The van der Waals surface area contributed by atoms with E-state index in [0.717, 1.165) is 48.7 Å². The van der Waals surface area contributed by atoms with E-state index in [4.69, 9.17) is 9.47 Å². The van der Waals surface area contributed by atoms with Crippen LogP contribution in [0.15, 0.2) is 53.6 Å². The fourth-order valence-electron chi connectivity index (χ4n) is 4.06. The lowest BCUT2D eigenvalue weighted by atomic mass is 10.0. The lowest BCUT2D eigenvalue weighted by Gasteiger charge is -2.17. The Bertz CT molecular complexity index is 1130. The minimum absolute atomic E-state index is 0.175. The summed E-state index contributed by atoms with van der Waals surface area (Å²) in [6, 6.07) is 12.3. The topological polar surface area (TPSA) is 70.5 Å². The molecule has 1 aromatic heterocycles. The molecule has 0 saturated carbocycles. The van der Waals surface area contributed by atoms with Gasteiger partial charge in [0.25, 0.3) is 5.94 Å². The summed E-state index contributed by atoms with van der Waals surface area (Å²) in [5, 5.41) is 0. The SMILES string of the molecule is CCc1ccnc(N2CCC(COc3ccc(-c4ccc5c(c4)OC[S+]5[O-])cc3F)C2)n1. The van der Waals surface area contributed by atoms with Crippen molar-refractivity contribution in [3.63, 3.8) is 0 Å². The van der Waals surface area contributed by atoms with Crippen LogP contribution >= 0.6 is 0 Å². The van der Waals surface area contributed by atoms with Crippen LogP contribution in [0.2, 0.25) is 0 Å². The van der Waals surface area contributed by atoms with Gasteiger partial charge in [-0.05, 0) is 60.4 Å². The summed E-state index contributed by atoms with van der Waals surface area (Å²) < 4.78 is 37.8. The van der Waals surface area contributed by atoms with Gasteiger partial charge in [0.1, 0.15) is 0 Å². The Kier molecular flexibility index (Phi) is 5.89. The molecule has 1 fully saturated rings. The maximum absolute atomic E-state index is 14.7. The number of halogens is 1. The van der Waals surface area contributed by atoms with Crippen molar-refractivity contribution in [3.8, 4) is 22.6 Å². The highest BCUT2D eigenvalue weighted by atomic mass is 32.2. The van der Waals surface area contributed by atoms with E-state index in [0.29, 0.717) is 17.3 Å². The Morgan fingerprint density at radius 3 is 2.91 bits per heavy atom. The van der Waals surface area contributed by atoms with Gasteiger partial charge in [-0.3, -0.25) is 0 Å². The number of nitrogens with zero attached hydrogens (tertiary/aromatic N) is 3. The summed E-state index contributed by atoms with van der Waals surface area (Å²) in [4.78, 5) is 11.8. The van der Waals surface area contributed by atoms with Gasteiger partial charge in [0, 0.05) is 42.1 Å². The van der Waals surface area contributed by atoms with Crippen LogP contribution < -0.4 is 14.4 Å². The summed E-state index contributed by atoms with van der Waals surface area (Å²) >= 11 is -1.12. The molecular formula is C24H24FN3O3S. The molecule has 8 heteroatoms. The Morgan fingerprint density at radius 2 is 2.06 bits per heavy atom. The lowest BCUT2D eigenvalue weighted by molar-refractivity contribution is 0.250. The molecule has 0 amide bonds. The molecule has 0 radical (unpaired) electrons. The average molecular weight is 454 g/mol. The van der Waals surface area contributed by atoms with Crippen LogP contribution in [0.25, 0.3) is 11.1 Å². The van der Waals surface area contributed by atoms with Gasteiger partial charge in [0.2, 0.25) is 5.95 Å². The Morgan fingerprint density at radius 1 is 1.22 bits per heavy atom. The van der Waals surface area contributed by atoms with E-state index >= 15 is 0 Å². The van der Waals surface area contributed by atoms with Gasteiger partial charge in [-0.2, -0.15) is 0 Å². The molecule has 6 nitrogen and oxygen atoms in total. The normalized spacial score (nSPS) is 19.7. The molecule has 0 aliphatic carbocycles. The second-order valence-electron chi connectivity index (χ2n) is 8.03. The van der Waals surface area contributed by atoms with Gasteiger partial charge in [-0.1, -0.05) is 13.0 Å². The fourth-order valence-corrected chi connectivity index (χ4v) is 4.98. The van der Waals surface area contributed by atoms with Gasteiger partial charge in [-0.15, -0.1) is 0 Å². The highest BCUT2D eigenvalue weighted by Gasteiger charge is 2.27. The van der Waals surface area contributed by atoms with E-state index < -0.39 is 17.0 Å². The van der Waals surface area contributed by atoms with E-state index in [-0.39, 0.29) is 17.6 Å². The van der Waals surface area contributed by atoms with Gasteiger partial charge in [0.05, 0.1) is 6.61 Å². The van der Waals surface area contributed by atoms with E-state index in [1.807, 2.05) is 18.2 Å². The third-order valence-corrected chi connectivity index (χ3v) is 7.04. The van der Waals surface area contributed by atoms with E-state index in [1.165, 1.54) is 6.07 Å². The molecule has 0 spiro atoms. The Labute approximate surface area is 189 Å². The molecule has 3 heterocycles. The molecule has 2 aromatic carbocycles. The van der Waals surface area contributed by atoms with Crippen LogP contribution in [0.1, 0.15) is 19.0 Å². The minimum atomic E-state index is -1.12. The Hall–Kier alpha value is -2.84. The number of hydrogen-bond donors (Lipinski definition) is 0. The highest BCUT2D eigenvalue weighted by Crippen LogP contribution is 2.36. The fraction of sp³-hybridized carbons (Fsp3) is 0.333. The van der Waals surface area contributed by atoms with Gasteiger partial charge in [-0.25, -0.2) is 14.4 Å². The molecule has 1 saturated heterocycles. The number of hydrogen-bond acceptors (Lipinski definition) is 6. The zero-order chi connectivity index (χ0) is 22.1. The number of benzene rings is 2. The smallest absolute Gasteiger partial charge is 0.250 e. The number of aromatic nitrogens is 2. The van der Waals surface area contributed by atoms with Crippen molar-refractivity contribution in [2.45, 2.75) is 24.7 Å². The summed E-state index contributed by atoms with van der Waals surface area (Å²) in [5.41, 5.74) is 2.56. The van der Waals surface area contributed by atoms with Crippen LogP contribution in [-0.2, 0) is 17.6 Å². The molecule has 5 rings (SSSR count). The predicted molar refractivity (Wildman–Crippen MR) is 121 cm³/mol. The van der Waals surface area contributed by atoms with Crippen LogP contribution in [0.5, 0.6) is 11.5 Å². The number of aryl methyl sites for hydroxylation is 1. The van der Waals surface area contributed by atoms with E-state index in [9.17, 15) is 8.94 Å². The first-order chi connectivity index (χ1) is 15.6. The van der Waals surface area contributed by atoms with Crippen molar-refractivity contribution < 1.29 is 18.4 Å². The summed E-state index contributed by atoms with van der Waals surface area (Å²) in [5.74, 6) is 1.66. The number of fused-ring (bicyclic) bond motifs is 1. The standard InChI is InChI=1S/C24H24FN3O3S/c1-2-19-7-9-26-24(27-19)28-10-8-16(13-28)14-30-21-5-3-17(11-20(21)25)18-4-6-23-22(12-18)31-15-32(23)29/h3-7,9,11-12,16H,2,8,10,13-15H2,1H3. The first-order valence-electron chi connectivity index (χ1n) is 10.8. The zero-order valence-electron chi connectivity index (χ0n) is 17.8. The number of rotatable bonds is 6. The van der Waals surface area contributed by atoms with Crippen molar-refractivity contribution in [1.82, 2.24) is 9.97 Å². The second kappa shape index (κ2) is 8.96. The van der Waals surface area contributed by atoms with Crippen molar-refractivity contribution in [3.05, 3.63) is 60.2 Å². The van der Waals surface area contributed by atoms with Gasteiger partial charge >= 0.3 is 0 Å². The largest absolute Gasteiger partial charge is 0.609 e. The molecule has 0 bridgehead atoms. The maximum atomic E-state index is 14.7. The third kappa shape index (κ3) is 4.25. The second-order valence-corrected chi connectivity index (χ2v) is 9.39. The van der Waals surface area contributed by atoms with E-state index in [2.05, 4.69) is 21.8 Å². The first-order valence-corrected chi connectivity index (χ1v) is 12.1. The molecule has 2 atom stereocenters. The number of ether oxygens (including phenoxy) is 2. The van der Waals surface area contributed by atoms with Gasteiger partial charge < -0.3 is 18.9 Å². The number of anilines is 1. The summed E-state index contributed by atoms with van der Waals surface area (Å²) in [7, 11) is 0. The van der Waals surface area contributed by atoms with Crippen LogP contribution in [0, 0.1) is 11.7 Å². The highest BCUT2D eigenvalue weighted by molar-refractivity contribution is 7.91. The Balaban J connectivity index is 1.21. The monoisotopic (exact) mass is 453 g/mol. The maximum Gasteiger partial charge on any atom is 0.250 e. The predicted octanol–water partition coefficient (Wildman–Crippen LogP) is 4.21. The molecule has 166 valence electrons. The molecule has 32 heavy (non-hydrogen) atoms. The van der Waals surface area contributed by atoms with Crippen LogP contribution in [0.3, 0.4) is 0 Å². The summed E-state index contributed by atoms with van der Waals surface area (Å²) in [6.45, 7) is 4.18. The van der Waals surface area contributed by atoms with Crippen LogP contribution in [0.4, 0.5) is 10.3 Å². The van der Waals surface area contributed by atoms with Crippen LogP contribution in [-0.4, -0.2) is 40.2 Å². The van der Waals surface area contributed by atoms with Crippen molar-refractivity contribution >= 4 is 17.1 Å². The quantitative estimate of drug-likeness (QED) is 0.521. The third-order valence-electron chi connectivity index (χ3n) is 5.88. The average Bonchev–Trinajstić information content (AvgIpc) is 3.45. The van der Waals surface area contributed by atoms with E-state index in [1.54, 1.807) is 24.4 Å². The minimum Gasteiger partial charge on any atom is -0.609 e. The first kappa shape index (κ1) is 21.0. The van der Waals surface area contributed by atoms with Crippen molar-refractivity contribution in [1.29, 1.82) is 0 Å². The molecule has 3 aromatic rings. The zero-order valence-corrected chi connectivity index (χ0v) is 18.6. The lowest BCUT2D eigenvalue weighted by Crippen LogP contribution is -2.24. The molecular weight excluding hydrogens is 429 g/mol. The molecule has 2 aliphatic heterocycles. The van der Waals surface area contributed by atoms with Crippen molar-refractivity contribution in [2.75, 3.05) is 30.5 Å². The molecule has 2 unspecified atom stereocenters. The van der Waals surface area contributed by atoms with Crippen molar-refractivity contribution in [2.24, 2.45) is 5.92 Å². The van der Waals surface area contributed by atoms with Gasteiger partial charge in [0.15, 0.2) is 22.2 Å². The molecule has 0 N–H and O–H groups in total. The molecule has 2 aliphatic rings. The summed E-state index contributed by atoms with van der Waals surface area (Å²) in [6.07, 6.45) is 3.63.